The minimum Gasteiger partial charge on any atom is -0.497 e. The van der Waals surface area contributed by atoms with Gasteiger partial charge in [0.25, 0.3) is 11.1 Å². The van der Waals surface area contributed by atoms with E-state index in [1.54, 1.807) is 43.5 Å². The summed E-state index contributed by atoms with van der Waals surface area (Å²) in [4.78, 5) is 23.3. The van der Waals surface area contributed by atoms with Gasteiger partial charge in [0.1, 0.15) is 11.5 Å². The molecule has 1 aromatic heterocycles. The molecule has 0 bridgehead atoms. The molecule has 9 heteroatoms. The van der Waals surface area contributed by atoms with Crippen LogP contribution in [0.1, 0.15) is 23.2 Å². The third-order valence-corrected chi connectivity index (χ3v) is 4.57. The molecule has 3 aromatic rings. The highest BCUT2D eigenvalue weighted by molar-refractivity contribution is 7.99. The van der Waals surface area contributed by atoms with Gasteiger partial charge in [0.15, 0.2) is 12.4 Å². The quantitative estimate of drug-likeness (QED) is 0.419. The number of thioether (sulfide) groups is 1. The molecule has 1 N–H and O–H groups in total. The summed E-state index contributed by atoms with van der Waals surface area (Å²) in [6.45, 7) is 1.60. The maximum atomic E-state index is 12.1. The van der Waals surface area contributed by atoms with Gasteiger partial charge >= 0.3 is 0 Å². The summed E-state index contributed by atoms with van der Waals surface area (Å²) in [6, 6.07) is 13.9. The Morgan fingerprint density at radius 1 is 1.10 bits per heavy atom. The molecule has 1 heterocycles. The summed E-state index contributed by atoms with van der Waals surface area (Å²) in [7, 11) is 1.58. The lowest BCUT2D eigenvalue weighted by molar-refractivity contribution is -0.113. The smallest absolute Gasteiger partial charge is 0.277 e. The predicted molar refractivity (Wildman–Crippen MR) is 107 cm³/mol. The van der Waals surface area contributed by atoms with Gasteiger partial charge in [-0.2, -0.15) is 0 Å². The third kappa shape index (κ3) is 6.08. The zero-order chi connectivity index (χ0) is 20.6. The number of ether oxygens (including phenoxy) is 2. The molecular formula is C20H19N3O5S. The first-order valence-corrected chi connectivity index (χ1v) is 9.65. The second kappa shape index (κ2) is 9.74. The first kappa shape index (κ1) is 20.4. The Balaban J connectivity index is 1.45. The summed E-state index contributed by atoms with van der Waals surface area (Å²) >= 11 is 1.12. The van der Waals surface area contributed by atoms with Crippen LogP contribution in [-0.4, -0.2) is 34.8 Å². The van der Waals surface area contributed by atoms with Crippen LogP contribution in [0.25, 0.3) is 0 Å². The number of hydrogen-bond donors (Lipinski definition) is 1. The van der Waals surface area contributed by atoms with Crippen LogP contribution in [0.4, 0.5) is 5.69 Å². The molecule has 0 aliphatic rings. The van der Waals surface area contributed by atoms with Crippen LogP contribution >= 0.6 is 11.8 Å². The van der Waals surface area contributed by atoms with E-state index in [2.05, 4.69) is 15.5 Å². The first-order chi connectivity index (χ1) is 14.0. The van der Waals surface area contributed by atoms with Crippen molar-refractivity contribution in [2.24, 2.45) is 0 Å². The number of benzene rings is 2. The summed E-state index contributed by atoms with van der Waals surface area (Å²) in [5.41, 5.74) is 1.20. The van der Waals surface area contributed by atoms with E-state index >= 15 is 0 Å². The van der Waals surface area contributed by atoms with Crippen molar-refractivity contribution in [1.29, 1.82) is 0 Å². The number of nitrogens with zero attached hydrogens (tertiary/aromatic N) is 2. The number of amides is 1. The first-order valence-electron chi connectivity index (χ1n) is 8.66. The molecular weight excluding hydrogens is 394 g/mol. The van der Waals surface area contributed by atoms with E-state index < -0.39 is 0 Å². The average Bonchev–Trinajstić information content (AvgIpc) is 3.19. The Morgan fingerprint density at radius 2 is 1.86 bits per heavy atom. The number of anilines is 1. The van der Waals surface area contributed by atoms with Gasteiger partial charge in [-0.1, -0.05) is 17.8 Å². The van der Waals surface area contributed by atoms with Gasteiger partial charge < -0.3 is 19.2 Å². The van der Waals surface area contributed by atoms with Gasteiger partial charge in [-0.3, -0.25) is 9.59 Å². The van der Waals surface area contributed by atoms with E-state index in [0.717, 1.165) is 11.8 Å². The third-order valence-electron chi connectivity index (χ3n) is 3.75. The van der Waals surface area contributed by atoms with Crippen LogP contribution in [0.2, 0.25) is 0 Å². The Labute approximate surface area is 171 Å². The van der Waals surface area contributed by atoms with E-state index in [-0.39, 0.29) is 29.3 Å². The molecule has 3 rings (SSSR count). The lowest BCUT2D eigenvalue weighted by Crippen LogP contribution is -2.14. The maximum Gasteiger partial charge on any atom is 0.277 e. The van der Waals surface area contributed by atoms with Gasteiger partial charge in [0.2, 0.25) is 5.91 Å². The van der Waals surface area contributed by atoms with Crippen molar-refractivity contribution in [3.63, 3.8) is 0 Å². The molecule has 8 nitrogen and oxygen atoms in total. The molecule has 0 aliphatic heterocycles. The number of carbonyl (C=O) groups excluding carboxylic acids is 2. The van der Waals surface area contributed by atoms with Gasteiger partial charge in [0.05, 0.1) is 12.9 Å². The fraction of sp³-hybridized carbons (Fsp3) is 0.200. The molecule has 0 unspecified atom stereocenters. The minimum atomic E-state index is -0.224. The average molecular weight is 413 g/mol. The van der Waals surface area contributed by atoms with Crippen molar-refractivity contribution >= 4 is 29.1 Å². The number of ketones is 1. The molecule has 29 heavy (non-hydrogen) atoms. The van der Waals surface area contributed by atoms with Gasteiger partial charge in [-0.25, -0.2) is 0 Å². The molecule has 150 valence electrons. The number of methoxy groups -OCH3 is 1. The standard InChI is InChI=1S/C20H19N3O5S/c1-13(24)14-6-8-15(9-7-14)21-18(25)12-29-20-23-22-19(28-20)11-27-17-5-3-4-16(10-17)26-2/h3-10H,11-12H2,1-2H3,(H,21,25). The zero-order valence-corrected chi connectivity index (χ0v) is 16.7. The molecule has 0 spiro atoms. The fourth-order valence-corrected chi connectivity index (χ4v) is 2.88. The number of nitrogens with one attached hydrogen (secondary N) is 1. The molecule has 0 saturated heterocycles. The summed E-state index contributed by atoms with van der Waals surface area (Å²) < 4.78 is 16.2. The highest BCUT2D eigenvalue weighted by Gasteiger charge is 2.11. The summed E-state index contributed by atoms with van der Waals surface area (Å²) in [6.07, 6.45) is 0. The van der Waals surface area contributed by atoms with E-state index in [4.69, 9.17) is 13.9 Å². The highest BCUT2D eigenvalue weighted by Crippen LogP contribution is 2.21. The van der Waals surface area contributed by atoms with Crippen molar-refractivity contribution in [2.45, 2.75) is 18.8 Å². The highest BCUT2D eigenvalue weighted by atomic mass is 32.2. The van der Waals surface area contributed by atoms with E-state index in [1.165, 1.54) is 6.92 Å². The van der Waals surface area contributed by atoms with Gasteiger partial charge in [-0.05, 0) is 43.3 Å². The predicted octanol–water partition coefficient (Wildman–Crippen LogP) is 3.59. The Kier molecular flexibility index (Phi) is 6.85. The van der Waals surface area contributed by atoms with E-state index in [9.17, 15) is 9.59 Å². The SMILES string of the molecule is COc1cccc(OCc2nnc(SCC(=O)Nc3ccc(C(C)=O)cc3)o2)c1. The number of carbonyl (C=O) groups is 2. The van der Waals surface area contributed by atoms with Gasteiger partial charge in [0, 0.05) is 17.3 Å². The van der Waals surface area contributed by atoms with Crippen molar-refractivity contribution in [3.8, 4) is 11.5 Å². The van der Waals surface area contributed by atoms with E-state index in [1.807, 2.05) is 12.1 Å². The molecule has 2 aromatic carbocycles. The van der Waals surface area contributed by atoms with Crippen molar-refractivity contribution in [3.05, 3.63) is 60.0 Å². The fourth-order valence-electron chi connectivity index (χ4n) is 2.30. The monoisotopic (exact) mass is 413 g/mol. The Morgan fingerprint density at radius 3 is 2.59 bits per heavy atom. The van der Waals surface area contributed by atoms with Crippen LogP contribution in [0.15, 0.2) is 58.2 Å². The molecule has 0 atom stereocenters. The van der Waals surface area contributed by atoms with E-state index in [0.29, 0.717) is 28.6 Å². The number of rotatable bonds is 9. The molecule has 0 saturated carbocycles. The van der Waals surface area contributed by atoms with Crippen LogP contribution in [0.5, 0.6) is 11.5 Å². The molecule has 0 aliphatic carbocycles. The molecule has 0 fully saturated rings. The van der Waals surface area contributed by atoms with Crippen molar-refractivity contribution in [2.75, 3.05) is 18.2 Å². The number of aromatic nitrogens is 2. The largest absolute Gasteiger partial charge is 0.497 e. The summed E-state index contributed by atoms with van der Waals surface area (Å²) in [5, 5.41) is 10.8. The molecule has 0 radical (unpaired) electrons. The molecule has 1 amide bonds. The normalized spacial score (nSPS) is 10.4. The van der Waals surface area contributed by atoms with Crippen LogP contribution in [0.3, 0.4) is 0 Å². The van der Waals surface area contributed by atoms with Gasteiger partial charge in [-0.15, -0.1) is 10.2 Å². The Hall–Kier alpha value is -3.33. The second-order valence-corrected chi connectivity index (χ2v) is 6.83. The number of Topliss-reactive ketones (excluding diaryl/α,β-unsaturated/α-hetero) is 1. The zero-order valence-electron chi connectivity index (χ0n) is 15.9. The van der Waals surface area contributed by atoms with Crippen LogP contribution in [0, 0.1) is 0 Å². The van der Waals surface area contributed by atoms with Crippen molar-refractivity contribution in [1.82, 2.24) is 10.2 Å². The second-order valence-electron chi connectivity index (χ2n) is 5.90. The minimum absolute atomic E-state index is 0.0268. The lowest BCUT2D eigenvalue weighted by Gasteiger charge is -2.05. The van der Waals surface area contributed by atoms with Crippen molar-refractivity contribution < 1.29 is 23.5 Å². The summed E-state index contributed by atoms with van der Waals surface area (Å²) in [5.74, 6) is 1.46. The Bertz CT molecular complexity index is 988. The topological polar surface area (TPSA) is 104 Å². The number of hydrogen-bond acceptors (Lipinski definition) is 8. The lowest BCUT2D eigenvalue weighted by atomic mass is 10.1. The van der Waals surface area contributed by atoms with Crippen LogP contribution < -0.4 is 14.8 Å². The van der Waals surface area contributed by atoms with Crippen LogP contribution in [-0.2, 0) is 11.4 Å². The maximum absolute atomic E-state index is 12.1.